The Morgan fingerprint density at radius 3 is 2.47 bits per heavy atom. The molecule has 2 aromatic rings. The van der Waals surface area contributed by atoms with Crippen molar-refractivity contribution in [1.82, 2.24) is 4.90 Å². The number of nitrogens with zero attached hydrogens (tertiary/aromatic N) is 1. The number of ether oxygens (including phenoxy) is 4. The van der Waals surface area contributed by atoms with Gasteiger partial charge in [0.15, 0.2) is 18.1 Å². The lowest BCUT2D eigenvalue weighted by molar-refractivity contribution is -0.143. The highest BCUT2D eigenvalue weighted by molar-refractivity contribution is 14.1. The molecule has 1 aliphatic rings. The van der Waals surface area contributed by atoms with Crippen LogP contribution in [0.5, 0.6) is 17.2 Å². The Bertz CT molecular complexity index is 1200. The smallest absolute Gasteiger partial charge is 0.343 e. The summed E-state index contributed by atoms with van der Waals surface area (Å²) in [5.74, 6) is -0.254. The van der Waals surface area contributed by atoms with Crippen molar-refractivity contribution in [2.45, 2.75) is 6.92 Å². The van der Waals surface area contributed by atoms with Crippen molar-refractivity contribution < 1.29 is 38.1 Å². The lowest BCUT2D eigenvalue weighted by Gasteiger charge is -2.14. The maximum absolute atomic E-state index is 12.9. The number of nitrogens with one attached hydrogen (secondary N) is 1. The topological polar surface area (TPSA) is 120 Å². The number of carbonyl (C=O) groups excluding carboxylic acids is 4. The number of hydrogen-bond donors (Lipinski definition) is 1. The minimum Gasteiger partial charge on any atom is -0.497 e. The van der Waals surface area contributed by atoms with E-state index in [9.17, 15) is 19.2 Å². The zero-order valence-corrected chi connectivity index (χ0v) is 22.6. The highest BCUT2D eigenvalue weighted by Gasteiger charge is 2.36. The van der Waals surface area contributed by atoms with E-state index in [1.54, 1.807) is 49.4 Å². The van der Waals surface area contributed by atoms with E-state index in [4.69, 9.17) is 14.2 Å². The molecule has 0 bridgehead atoms. The summed E-state index contributed by atoms with van der Waals surface area (Å²) in [7, 11) is 2.80. The van der Waals surface area contributed by atoms with Gasteiger partial charge in [0.2, 0.25) is 5.91 Å². The van der Waals surface area contributed by atoms with E-state index >= 15 is 0 Å². The molecule has 10 nitrogen and oxygen atoms in total. The van der Waals surface area contributed by atoms with Gasteiger partial charge in [0, 0.05) is 5.69 Å². The van der Waals surface area contributed by atoms with Gasteiger partial charge in [0.1, 0.15) is 12.3 Å². The fourth-order valence-corrected chi connectivity index (χ4v) is 4.69. The first kappa shape index (κ1) is 27.3. The van der Waals surface area contributed by atoms with E-state index in [1.807, 2.05) is 22.6 Å². The quantitative estimate of drug-likeness (QED) is 0.238. The van der Waals surface area contributed by atoms with Gasteiger partial charge in [-0.25, -0.2) is 4.79 Å². The SMILES string of the molecule is CCOc1cc(/C=C2/SC(=O)N(CC(=O)Nc3ccc(OC)cc3)C2=O)cc(I)c1OCC(=O)OC. The van der Waals surface area contributed by atoms with Gasteiger partial charge in [-0.3, -0.25) is 19.3 Å². The summed E-state index contributed by atoms with van der Waals surface area (Å²) in [5.41, 5.74) is 1.09. The maximum atomic E-state index is 12.9. The molecule has 36 heavy (non-hydrogen) atoms. The first-order valence-electron chi connectivity index (χ1n) is 10.6. The van der Waals surface area contributed by atoms with Crippen molar-refractivity contribution >= 4 is 69.1 Å². The predicted octanol–water partition coefficient (Wildman–Crippen LogP) is 3.93. The number of thioether (sulfide) groups is 1. The van der Waals surface area contributed by atoms with E-state index in [2.05, 4.69) is 10.1 Å². The Hall–Kier alpha value is -3.26. The summed E-state index contributed by atoms with van der Waals surface area (Å²) in [6.07, 6.45) is 1.54. The van der Waals surface area contributed by atoms with E-state index in [0.717, 1.165) is 16.7 Å². The zero-order chi connectivity index (χ0) is 26.2. The molecule has 3 amide bonds. The Balaban J connectivity index is 1.74. The average molecular weight is 626 g/mol. The number of benzene rings is 2. The molecular weight excluding hydrogens is 603 g/mol. The van der Waals surface area contributed by atoms with Crippen LogP contribution < -0.4 is 19.5 Å². The third kappa shape index (κ3) is 6.91. The molecule has 0 atom stereocenters. The van der Waals surface area contributed by atoms with Crippen molar-refractivity contribution in [3.63, 3.8) is 0 Å². The molecule has 3 rings (SSSR count). The normalized spacial score (nSPS) is 14.1. The number of halogens is 1. The average Bonchev–Trinajstić information content (AvgIpc) is 3.11. The van der Waals surface area contributed by atoms with Gasteiger partial charge >= 0.3 is 5.97 Å². The Morgan fingerprint density at radius 1 is 1.11 bits per heavy atom. The van der Waals surface area contributed by atoms with Gasteiger partial charge < -0.3 is 24.3 Å². The number of anilines is 1. The number of hydrogen-bond acceptors (Lipinski definition) is 9. The highest BCUT2D eigenvalue weighted by Crippen LogP contribution is 2.37. The molecule has 1 saturated heterocycles. The van der Waals surface area contributed by atoms with Gasteiger partial charge in [-0.2, -0.15) is 0 Å². The number of rotatable bonds is 10. The van der Waals surface area contributed by atoms with Crippen LogP contribution in [0, 0.1) is 3.57 Å². The second-order valence-electron chi connectivity index (χ2n) is 7.17. The third-order valence-corrected chi connectivity index (χ3v) is 6.45. The fraction of sp³-hybridized carbons (Fsp3) is 0.250. The largest absolute Gasteiger partial charge is 0.497 e. The number of imide groups is 1. The summed E-state index contributed by atoms with van der Waals surface area (Å²) in [6.45, 7) is 1.43. The van der Waals surface area contributed by atoms with Crippen LogP contribution >= 0.6 is 34.4 Å². The molecule has 1 heterocycles. The molecule has 0 radical (unpaired) electrons. The number of esters is 1. The van der Waals surface area contributed by atoms with E-state index in [0.29, 0.717) is 38.7 Å². The second kappa shape index (κ2) is 12.6. The monoisotopic (exact) mass is 626 g/mol. The van der Waals surface area contributed by atoms with Crippen LogP contribution in [0.2, 0.25) is 0 Å². The van der Waals surface area contributed by atoms with E-state index < -0.39 is 29.6 Å². The molecule has 0 aliphatic carbocycles. The van der Waals surface area contributed by atoms with Crippen molar-refractivity contribution in [3.8, 4) is 17.2 Å². The molecule has 0 spiro atoms. The summed E-state index contributed by atoms with van der Waals surface area (Å²) < 4.78 is 21.5. The van der Waals surface area contributed by atoms with Crippen LogP contribution in [0.1, 0.15) is 12.5 Å². The molecule has 12 heteroatoms. The maximum Gasteiger partial charge on any atom is 0.343 e. The van der Waals surface area contributed by atoms with Gasteiger partial charge in [-0.15, -0.1) is 0 Å². The van der Waals surface area contributed by atoms with Gasteiger partial charge in [0.05, 0.1) is 29.3 Å². The first-order chi connectivity index (χ1) is 17.2. The van der Waals surface area contributed by atoms with Gasteiger partial charge in [-0.05, 0) is 89.3 Å². The molecule has 1 aliphatic heterocycles. The second-order valence-corrected chi connectivity index (χ2v) is 9.33. The van der Waals surface area contributed by atoms with Crippen LogP contribution in [0.25, 0.3) is 6.08 Å². The van der Waals surface area contributed by atoms with E-state index in [1.165, 1.54) is 14.2 Å². The molecule has 1 fully saturated rings. The number of methoxy groups -OCH3 is 2. The fourth-order valence-electron chi connectivity index (χ4n) is 3.07. The minimum atomic E-state index is -0.575. The lowest BCUT2D eigenvalue weighted by Crippen LogP contribution is -2.36. The molecule has 0 aromatic heterocycles. The summed E-state index contributed by atoms with van der Waals surface area (Å²) in [5, 5.41) is 2.10. The van der Waals surface area contributed by atoms with Crippen molar-refractivity contribution in [2.75, 3.05) is 39.3 Å². The molecule has 190 valence electrons. The van der Waals surface area contributed by atoms with Crippen LogP contribution in [0.15, 0.2) is 41.3 Å². The molecular formula is C24H23IN2O8S. The Morgan fingerprint density at radius 2 is 1.83 bits per heavy atom. The summed E-state index contributed by atoms with van der Waals surface area (Å²) in [6, 6.07) is 10.0. The van der Waals surface area contributed by atoms with Crippen molar-refractivity contribution in [1.29, 1.82) is 0 Å². The highest BCUT2D eigenvalue weighted by atomic mass is 127. The summed E-state index contributed by atoms with van der Waals surface area (Å²) in [4.78, 5) is 50.3. The first-order valence-corrected chi connectivity index (χ1v) is 12.5. The molecule has 1 N–H and O–H groups in total. The number of amides is 3. The van der Waals surface area contributed by atoms with Crippen LogP contribution in [-0.2, 0) is 19.1 Å². The zero-order valence-electron chi connectivity index (χ0n) is 19.7. The Labute approximate surface area is 225 Å². The van der Waals surface area contributed by atoms with Crippen LogP contribution in [0.3, 0.4) is 0 Å². The van der Waals surface area contributed by atoms with Crippen LogP contribution in [-0.4, -0.2) is 61.9 Å². The van der Waals surface area contributed by atoms with Crippen molar-refractivity contribution in [2.24, 2.45) is 0 Å². The van der Waals surface area contributed by atoms with Gasteiger partial charge in [-0.1, -0.05) is 0 Å². The number of carbonyl (C=O) groups is 4. The van der Waals surface area contributed by atoms with Crippen LogP contribution in [0.4, 0.5) is 10.5 Å². The standard InChI is InChI=1S/C24H23IN2O8S/c1-4-34-18-10-14(9-17(25)22(18)35-13-21(29)33-3)11-19-23(30)27(24(31)36-19)12-20(28)26-15-5-7-16(32-2)8-6-15/h5-11H,4,12-13H2,1-3H3,(H,26,28)/b19-11+. The van der Waals surface area contributed by atoms with Crippen molar-refractivity contribution in [3.05, 3.63) is 50.4 Å². The van der Waals surface area contributed by atoms with E-state index in [-0.39, 0.29) is 11.5 Å². The minimum absolute atomic E-state index is 0.165. The summed E-state index contributed by atoms with van der Waals surface area (Å²) >= 11 is 2.77. The molecule has 0 unspecified atom stereocenters. The Kier molecular flexibility index (Phi) is 9.58. The molecule has 2 aromatic carbocycles. The predicted molar refractivity (Wildman–Crippen MR) is 142 cm³/mol. The van der Waals surface area contributed by atoms with Gasteiger partial charge in [0.25, 0.3) is 11.1 Å². The lowest BCUT2D eigenvalue weighted by atomic mass is 10.2. The molecule has 0 saturated carbocycles. The third-order valence-electron chi connectivity index (χ3n) is 4.74.